The minimum Gasteiger partial charge on any atom is -0.409 e. The van der Waals surface area contributed by atoms with Gasteiger partial charge in [0, 0.05) is 31.9 Å². The molecule has 37 heavy (non-hydrogen) atoms. The van der Waals surface area contributed by atoms with Gasteiger partial charge in [0.25, 0.3) is 5.89 Å². The van der Waals surface area contributed by atoms with Crippen molar-refractivity contribution in [2.24, 2.45) is 0 Å². The molecule has 0 atom stereocenters. The van der Waals surface area contributed by atoms with Crippen LogP contribution in [0.1, 0.15) is 29.3 Å². The molecule has 1 fully saturated rings. The molecule has 15 heteroatoms. The van der Waals surface area contributed by atoms with E-state index in [4.69, 9.17) is 9.05 Å². The van der Waals surface area contributed by atoms with Gasteiger partial charge in [0.15, 0.2) is 5.82 Å². The fraction of sp³-hybridized carbons (Fsp3) is 0.455. The van der Waals surface area contributed by atoms with Crippen molar-refractivity contribution in [2.75, 3.05) is 31.5 Å². The van der Waals surface area contributed by atoms with Crippen LogP contribution in [0, 0.1) is 13.8 Å². The molecule has 2 aliphatic rings. The molecular weight excluding hydrogens is 504 g/mol. The summed E-state index contributed by atoms with van der Waals surface area (Å²) < 4.78 is 72.6. The number of fused-ring (bicyclic) bond motifs is 1. The number of amides is 2. The summed E-state index contributed by atoms with van der Waals surface area (Å²) in [4.78, 5) is 20.8. The molecule has 2 amide bonds. The van der Waals surface area contributed by atoms with Crippen LogP contribution in [0.5, 0.6) is 5.75 Å². The second kappa shape index (κ2) is 9.30. The van der Waals surface area contributed by atoms with Gasteiger partial charge in [-0.1, -0.05) is 10.3 Å². The molecule has 0 unspecified atom stereocenters. The first kappa shape index (κ1) is 25.0. The largest absolute Gasteiger partial charge is 0.540 e. The van der Waals surface area contributed by atoms with Gasteiger partial charge >= 0.3 is 18.4 Å². The van der Waals surface area contributed by atoms with E-state index in [0.29, 0.717) is 67.9 Å². The third-order valence-corrected chi connectivity index (χ3v) is 5.98. The predicted octanol–water partition coefficient (Wildman–Crippen LogP) is 4.09. The Morgan fingerprint density at radius 2 is 1.89 bits per heavy atom. The molecular formula is C22H22F4N6O5. The molecule has 3 aromatic rings. The monoisotopic (exact) mass is 526 g/mol. The number of aryl methyl sites for hydroxylation is 2. The van der Waals surface area contributed by atoms with Crippen LogP contribution in [-0.2, 0) is 17.4 Å². The number of carbonyl (C=O) groups is 1. The summed E-state index contributed by atoms with van der Waals surface area (Å²) in [5, 5.41) is 10.4. The zero-order chi connectivity index (χ0) is 26.4. The van der Waals surface area contributed by atoms with Gasteiger partial charge in [0.05, 0.1) is 17.8 Å². The first-order valence-corrected chi connectivity index (χ1v) is 11.3. The number of urea groups is 1. The number of hydrogen-bond donors (Lipinski definition) is 1. The lowest BCUT2D eigenvalue weighted by atomic mass is 10.1. The van der Waals surface area contributed by atoms with E-state index < -0.39 is 29.7 Å². The Labute approximate surface area is 207 Å². The first-order valence-electron chi connectivity index (χ1n) is 11.3. The van der Waals surface area contributed by atoms with Crippen LogP contribution < -0.4 is 10.1 Å². The van der Waals surface area contributed by atoms with Crippen LogP contribution in [0.4, 0.5) is 28.0 Å². The van der Waals surface area contributed by atoms with Crippen LogP contribution in [0.3, 0.4) is 0 Å². The van der Waals surface area contributed by atoms with Crippen molar-refractivity contribution >= 4 is 11.7 Å². The predicted molar refractivity (Wildman–Crippen MR) is 117 cm³/mol. The highest BCUT2D eigenvalue weighted by Gasteiger charge is 2.54. The average Bonchev–Trinajstić information content (AvgIpc) is 3.31. The molecule has 0 saturated carbocycles. The van der Waals surface area contributed by atoms with Gasteiger partial charge in [-0.2, -0.15) is 13.8 Å². The highest BCUT2D eigenvalue weighted by atomic mass is 19.3. The van der Waals surface area contributed by atoms with E-state index in [-0.39, 0.29) is 5.69 Å². The van der Waals surface area contributed by atoms with Crippen molar-refractivity contribution in [3.63, 3.8) is 0 Å². The molecule has 1 aromatic carbocycles. The number of rotatable bonds is 4. The van der Waals surface area contributed by atoms with Gasteiger partial charge in [-0.25, -0.2) is 9.53 Å². The molecule has 198 valence electrons. The fourth-order valence-electron chi connectivity index (χ4n) is 4.22. The Morgan fingerprint density at radius 3 is 2.65 bits per heavy atom. The Bertz CT molecular complexity index is 1290. The number of halogens is 4. The maximum Gasteiger partial charge on any atom is 0.540 e. The molecule has 0 bridgehead atoms. The normalized spacial score (nSPS) is 19.1. The molecule has 1 saturated heterocycles. The molecule has 4 heterocycles. The highest BCUT2D eigenvalue weighted by Crippen LogP contribution is 2.46. The van der Waals surface area contributed by atoms with Gasteiger partial charge in [0.2, 0.25) is 0 Å². The summed E-state index contributed by atoms with van der Waals surface area (Å²) in [6.45, 7) is 5.85. The number of nitrogens with zero attached hydrogens (tertiary/aromatic N) is 5. The van der Waals surface area contributed by atoms with Crippen LogP contribution >= 0.6 is 0 Å². The van der Waals surface area contributed by atoms with E-state index in [0.717, 1.165) is 12.1 Å². The summed E-state index contributed by atoms with van der Waals surface area (Å²) >= 11 is 0. The molecule has 5 rings (SSSR count). The standard InChI is InChI=1S/C22H22F4N6O5/c1-12-18(13(2)35-29-12)19-28-17(30-36-19)11-31-6-3-7-32(9-8-31)20(33)27-14-4-5-16-15(10-14)21(23,24)37-22(25,26)34-16/h4-5,10H,3,6-9,11H2,1-2H3,(H,27,33). The quantitative estimate of drug-likeness (QED) is 0.502. The second-order valence-corrected chi connectivity index (χ2v) is 8.66. The minimum absolute atomic E-state index is 0.0133. The number of carbonyl (C=O) groups excluding carboxylic acids is 1. The molecule has 11 nitrogen and oxygen atoms in total. The molecule has 0 radical (unpaired) electrons. The summed E-state index contributed by atoms with van der Waals surface area (Å²) in [5.41, 5.74) is 0.379. The number of aromatic nitrogens is 3. The summed E-state index contributed by atoms with van der Waals surface area (Å²) in [6.07, 6.45) is -8.11. The maximum atomic E-state index is 14.0. The number of hydrogen-bond acceptors (Lipinski definition) is 9. The lowest BCUT2D eigenvalue weighted by molar-refractivity contribution is -0.461. The number of alkyl halides is 4. The van der Waals surface area contributed by atoms with E-state index in [2.05, 4.69) is 35.0 Å². The summed E-state index contributed by atoms with van der Waals surface area (Å²) in [7, 11) is 0. The average molecular weight is 526 g/mol. The van der Waals surface area contributed by atoms with Gasteiger partial charge in [-0.05, 0) is 38.5 Å². The van der Waals surface area contributed by atoms with Crippen molar-refractivity contribution in [2.45, 2.75) is 39.2 Å². The Kier molecular flexibility index (Phi) is 6.27. The molecule has 2 aliphatic heterocycles. The second-order valence-electron chi connectivity index (χ2n) is 8.66. The van der Waals surface area contributed by atoms with Crippen LogP contribution in [0.15, 0.2) is 27.2 Å². The van der Waals surface area contributed by atoms with Gasteiger partial charge in [-0.3, -0.25) is 4.90 Å². The minimum atomic E-state index is -4.46. The fourth-order valence-corrected chi connectivity index (χ4v) is 4.22. The maximum absolute atomic E-state index is 14.0. The van der Waals surface area contributed by atoms with E-state index in [9.17, 15) is 22.4 Å². The van der Waals surface area contributed by atoms with Crippen molar-refractivity contribution < 1.29 is 40.9 Å². The third kappa shape index (κ3) is 5.22. The number of benzene rings is 1. The van der Waals surface area contributed by atoms with Crippen molar-refractivity contribution in [1.82, 2.24) is 25.1 Å². The van der Waals surface area contributed by atoms with E-state index in [1.807, 2.05) is 0 Å². The van der Waals surface area contributed by atoms with Gasteiger partial charge in [-0.15, -0.1) is 8.78 Å². The van der Waals surface area contributed by atoms with Crippen LogP contribution in [-0.4, -0.2) is 63.6 Å². The van der Waals surface area contributed by atoms with Gasteiger partial charge in [0.1, 0.15) is 17.1 Å². The van der Waals surface area contributed by atoms with Crippen molar-refractivity contribution in [3.05, 3.63) is 41.0 Å². The molecule has 2 aromatic heterocycles. The topological polar surface area (TPSA) is 119 Å². The highest BCUT2D eigenvalue weighted by molar-refractivity contribution is 5.89. The number of anilines is 1. The zero-order valence-electron chi connectivity index (χ0n) is 19.8. The lowest BCUT2D eigenvalue weighted by Gasteiger charge is -2.30. The van der Waals surface area contributed by atoms with Crippen LogP contribution in [0.2, 0.25) is 0 Å². The Balaban J connectivity index is 1.19. The zero-order valence-corrected chi connectivity index (χ0v) is 19.8. The smallest absolute Gasteiger partial charge is 0.409 e. The van der Waals surface area contributed by atoms with E-state index in [1.165, 1.54) is 11.0 Å². The number of nitrogens with one attached hydrogen (secondary N) is 1. The third-order valence-electron chi connectivity index (χ3n) is 5.98. The Morgan fingerprint density at radius 1 is 1.08 bits per heavy atom. The molecule has 1 N–H and O–H groups in total. The Hall–Kier alpha value is -3.72. The van der Waals surface area contributed by atoms with Gasteiger partial charge < -0.3 is 24.0 Å². The van der Waals surface area contributed by atoms with E-state index >= 15 is 0 Å². The SMILES string of the molecule is Cc1noc(C)c1-c1nc(CN2CCCN(C(=O)Nc3ccc4c(c3)C(F)(F)OC(F)(F)O4)CC2)no1. The first-order chi connectivity index (χ1) is 17.5. The lowest BCUT2D eigenvalue weighted by Crippen LogP contribution is -2.41. The van der Waals surface area contributed by atoms with E-state index in [1.54, 1.807) is 13.8 Å². The molecule has 0 spiro atoms. The van der Waals surface area contributed by atoms with Crippen molar-refractivity contribution in [1.29, 1.82) is 0 Å². The van der Waals surface area contributed by atoms with Crippen molar-refractivity contribution in [3.8, 4) is 17.2 Å². The summed E-state index contributed by atoms with van der Waals surface area (Å²) in [6, 6.07) is 2.46. The van der Waals surface area contributed by atoms with Crippen LogP contribution in [0.25, 0.3) is 11.5 Å². The number of ether oxygens (including phenoxy) is 2. The molecule has 0 aliphatic carbocycles. The summed E-state index contributed by atoms with van der Waals surface area (Å²) in [5.74, 6) is 0.628.